The fraction of sp³-hybridized carbons (Fsp3) is 0. The van der Waals surface area contributed by atoms with Gasteiger partial charge in [0.1, 0.15) is 11.2 Å². The normalized spacial score (nSPS) is 13.1. The molecule has 0 amide bonds. The highest BCUT2D eigenvalue weighted by Crippen LogP contribution is 2.43. The number of furan rings is 1. The van der Waals surface area contributed by atoms with Crippen molar-refractivity contribution in [2.45, 2.75) is 0 Å². The second kappa shape index (κ2) is 13.0. The SMILES string of the molecule is [2H]c1cc([2H])c2c(c1[2H])c1c([2H])c([2H])cc([2H])c1n2-c1ccc(-c2ccccc2-c2nc(-c3ccccc3)nc(-c3ccccc3)n2)cc1-c1cccc2c1oc1ccccc12. The second-order valence-corrected chi connectivity index (χ2v) is 13.5. The van der Waals surface area contributed by atoms with Gasteiger partial charge < -0.3 is 8.98 Å². The molecule has 3 aromatic heterocycles. The molecule has 11 aromatic rings. The Morgan fingerprint density at radius 1 is 0.411 bits per heavy atom. The summed E-state index contributed by atoms with van der Waals surface area (Å²) in [5, 5.41) is 2.23. The Morgan fingerprint density at radius 3 is 1.68 bits per heavy atom. The van der Waals surface area contributed by atoms with E-state index in [2.05, 4.69) is 6.07 Å². The van der Waals surface area contributed by atoms with Crippen LogP contribution < -0.4 is 0 Å². The largest absolute Gasteiger partial charge is 0.455 e. The topological polar surface area (TPSA) is 56.7 Å². The standard InChI is InChI=1S/C51H32N4O/c1-3-16-33(17-4-1)49-52-50(34-18-5-2-6-19-34)54-51(53-49)42-24-8-7-20-36(42)35-30-31-46(55-44-27-12-9-21-37(44)38-22-10-13-28-45(38)55)43(32-35)41-26-15-25-40-39-23-11-14-29-47(39)56-48(40)41/h1-32H/i9D,10D,21D,22D,27D,28D. The van der Waals surface area contributed by atoms with Crippen molar-refractivity contribution in [1.82, 2.24) is 19.5 Å². The van der Waals surface area contributed by atoms with Crippen LogP contribution in [-0.4, -0.2) is 19.5 Å². The van der Waals surface area contributed by atoms with Crippen molar-refractivity contribution in [3.05, 3.63) is 194 Å². The monoisotopic (exact) mass is 722 g/mol. The van der Waals surface area contributed by atoms with E-state index in [1.165, 1.54) is 12.1 Å². The third-order valence-corrected chi connectivity index (χ3v) is 10.2. The minimum absolute atomic E-state index is 0.0388. The molecule has 0 bridgehead atoms. The third-order valence-electron chi connectivity index (χ3n) is 10.2. The quantitative estimate of drug-likeness (QED) is 0.171. The molecule has 0 aliphatic carbocycles. The number of fused-ring (bicyclic) bond motifs is 6. The molecule has 5 nitrogen and oxygen atoms in total. The van der Waals surface area contributed by atoms with Gasteiger partial charge >= 0.3 is 0 Å². The van der Waals surface area contributed by atoms with E-state index in [1.54, 1.807) is 4.57 Å². The Morgan fingerprint density at radius 2 is 0.982 bits per heavy atom. The lowest BCUT2D eigenvalue weighted by Gasteiger charge is -2.17. The average molecular weight is 723 g/mol. The summed E-state index contributed by atoms with van der Waals surface area (Å²) in [6, 6.07) is 49.3. The maximum absolute atomic E-state index is 9.23. The second-order valence-electron chi connectivity index (χ2n) is 13.5. The molecule has 0 aliphatic rings. The minimum Gasteiger partial charge on any atom is -0.455 e. The summed E-state index contributed by atoms with van der Waals surface area (Å²) in [4.78, 5) is 15.0. The molecule has 0 aliphatic heterocycles. The van der Waals surface area contributed by atoms with Crippen LogP contribution in [0.3, 0.4) is 0 Å². The fourth-order valence-corrected chi connectivity index (χ4v) is 7.69. The average Bonchev–Trinajstić information content (AvgIpc) is 3.88. The van der Waals surface area contributed by atoms with Crippen LogP contribution in [0.4, 0.5) is 0 Å². The van der Waals surface area contributed by atoms with Gasteiger partial charge in [0.05, 0.1) is 24.9 Å². The van der Waals surface area contributed by atoms with Gasteiger partial charge in [-0.1, -0.05) is 164 Å². The molecule has 0 saturated heterocycles. The molecule has 0 radical (unpaired) electrons. The van der Waals surface area contributed by atoms with Crippen LogP contribution in [0.25, 0.3) is 106 Å². The van der Waals surface area contributed by atoms with E-state index in [1.807, 2.05) is 140 Å². The van der Waals surface area contributed by atoms with E-state index in [0.717, 1.165) is 49.7 Å². The summed E-state index contributed by atoms with van der Waals surface area (Å²) >= 11 is 0. The Bertz CT molecular complexity index is 3480. The van der Waals surface area contributed by atoms with Gasteiger partial charge in [-0.2, -0.15) is 0 Å². The molecule has 11 rings (SSSR count). The van der Waals surface area contributed by atoms with Gasteiger partial charge in [-0.3, -0.25) is 0 Å². The number of benzene rings is 8. The maximum atomic E-state index is 9.23. The predicted molar refractivity (Wildman–Crippen MR) is 229 cm³/mol. The maximum Gasteiger partial charge on any atom is 0.164 e. The first-order valence-electron chi connectivity index (χ1n) is 21.3. The first-order valence-corrected chi connectivity index (χ1v) is 18.3. The smallest absolute Gasteiger partial charge is 0.164 e. The molecule has 0 spiro atoms. The Kier molecular flexibility index (Phi) is 6.10. The molecule has 8 aromatic carbocycles. The van der Waals surface area contributed by atoms with Gasteiger partial charge in [0.15, 0.2) is 17.5 Å². The molecular formula is C51H32N4O. The van der Waals surface area contributed by atoms with Gasteiger partial charge in [0.2, 0.25) is 0 Å². The van der Waals surface area contributed by atoms with Crippen molar-refractivity contribution in [3.8, 4) is 62.1 Å². The lowest BCUT2D eigenvalue weighted by molar-refractivity contribution is 0.670. The molecular weight excluding hydrogens is 685 g/mol. The number of para-hydroxylation sites is 4. The lowest BCUT2D eigenvalue weighted by Crippen LogP contribution is -2.01. The van der Waals surface area contributed by atoms with Crippen molar-refractivity contribution in [1.29, 1.82) is 0 Å². The zero-order valence-corrected chi connectivity index (χ0v) is 29.7. The summed E-state index contributed by atoms with van der Waals surface area (Å²) < 4.78 is 62.1. The number of nitrogens with zero attached hydrogens (tertiary/aromatic N) is 4. The van der Waals surface area contributed by atoms with E-state index >= 15 is 0 Å². The van der Waals surface area contributed by atoms with E-state index in [0.29, 0.717) is 34.3 Å². The van der Waals surface area contributed by atoms with Crippen LogP contribution in [0.2, 0.25) is 0 Å². The zero-order valence-electron chi connectivity index (χ0n) is 35.7. The van der Waals surface area contributed by atoms with Crippen molar-refractivity contribution >= 4 is 43.7 Å². The summed E-state index contributed by atoms with van der Waals surface area (Å²) in [5.41, 5.74) is 8.03. The summed E-state index contributed by atoms with van der Waals surface area (Å²) in [6.45, 7) is 0. The minimum atomic E-state index is -0.175. The van der Waals surface area contributed by atoms with E-state index in [9.17, 15) is 2.74 Å². The molecule has 0 fully saturated rings. The van der Waals surface area contributed by atoms with Gasteiger partial charge in [-0.25, -0.2) is 15.0 Å². The van der Waals surface area contributed by atoms with E-state index < -0.39 is 0 Å². The van der Waals surface area contributed by atoms with Crippen molar-refractivity contribution in [2.75, 3.05) is 0 Å². The van der Waals surface area contributed by atoms with Crippen LogP contribution in [0, 0.1) is 0 Å². The van der Waals surface area contributed by atoms with E-state index in [4.69, 9.17) is 24.9 Å². The number of rotatable bonds is 6. The molecule has 262 valence electrons. The van der Waals surface area contributed by atoms with Crippen molar-refractivity contribution in [2.24, 2.45) is 0 Å². The number of aromatic nitrogens is 4. The van der Waals surface area contributed by atoms with Crippen LogP contribution >= 0.6 is 0 Å². The van der Waals surface area contributed by atoms with Crippen LogP contribution in [-0.2, 0) is 0 Å². The summed E-state index contributed by atoms with van der Waals surface area (Å²) in [5.74, 6) is 1.56. The van der Waals surface area contributed by atoms with Gasteiger partial charge in [-0.15, -0.1) is 0 Å². The number of hydrogen-bond acceptors (Lipinski definition) is 4. The first-order chi connectivity index (χ1) is 30.2. The van der Waals surface area contributed by atoms with Crippen LogP contribution in [0.1, 0.15) is 8.22 Å². The van der Waals surface area contributed by atoms with Crippen LogP contribution in [0.5, 0.6) is 0 Å². The van der Waals surface area contributed by atoms with Crippen LogP contribution in [0.15, 0.2) is 198 Å². The molecule has 0 atom stereocenters. The Hall–Kier alpha value is -7.63. The van der Waals surface area contributed by atoms with Crippen molar-refractivity contribution < 1.29 is 12.6 Å². The highest BCUT2D eigenvalue weighted by atomic mass is 16.3. The molecule has 0 saturated carbocycles. The predicted octanol–water partition coefficient (Wildman–Crippen LogP) is 13.2. The molecule has 0 N–H and O–H groups in total. The fourth-order valence-electron chi connectivity index (χ4n) is 7.69. The highest BCUT2D eigenvalue weighted by Gasteiger charge is 2.21. The van der Waals surface area contributed by atoms with Crippen molar-refractivity contribution in [3.63, 3.8) is 0 Å². The molecule has 5 heteroatoms. The summed E-state index contributed by atoms with van der Waals surface area (Å²) in [7, 11) is 0. The Balaban J connectivity index is 1.22. The number of hydrogen-bond donors (Lipinski definition) is 0. The van der Waals surface area contributed by atoms with Gasteiger partial charge in [0.25, 0.3) is 0 Å². The molecule has 0 unspecified atom stereocenters. The zero-order chi connectivity index (χ0) is 42.2. The Labute approximate surface area is 331 Å². The molecule has 3 heterocycles. The van der Waals surface area contributed by atoms with Gasteiger partial charge in [-0.05, 0) is 41.4 Å². The molecule has 56 heavy (non-hydrogen) atoms. The lowest BCUT2D eigenvalue weighted by atomic mass is 9.93. The van der Waals surface area contributed by atoms with E-state index in [-0.39, 0.29) is 58.1 Å². The third kappa shape index (κ3) is 5.21. The summed E-state index contributed by atoms with van der Waals surface area (Å²) in [6.07, 6.45) is 0. The highest BCUT2D eigenvalue weighted by molar-refractivity contribution is 6.12. The van der Waals surface area contributed by atoms with Gasteiger partial charge in [0, 0.05) is 49.4 Å². The first kappa shape index (κ1) is 26.2.